The van der Waals surface area contributed by atoms with Crippen molar-refractivity contribution < 1.29 is 4.39 Å². The third-order valence-corrected chi connectivity index (χ3v) is 5.48. The van der Waals surface area contributed by atoms with E-state index in [0.29, 0.717) is 5.56 Å². The van der Waals surface area contributed by atoms with Crippen LogP contribution in [0.5, 0.6) is 0 Å². The molecule has 2 aromatic heterocycles. The van der Waals surface area contributed by atoms with Gasteiger partial charge in [0.05, 0.1) is 12.2 Å². The second-order valence-corrected chi connectivity index (χ2v) is 7.23. The Balaban J connectivity index is 1.65. The van der Waals surface area contributed by atoms with Crippen LogP contribution in [0.2, 0.25) is 0 Å². The Kier molecular flexibility index (Phi) is 3.83. The molecule has 5 heteroatoms. The summed E-state index contributed by atoms with van der Waals surface area (Å²) in [5.41, 5.74) is 5.39. The van der Waals surface area contributed by atoms with Gasteiger partial charge >= 0.3 is 0 Å². The fraction of sp³-hybridized carbons (Fsp3) is 0.227. The van der Waals surface area contributed by atoms with Gasteiger partial charge in [0.15, 0.2) is 0 Å². The first-order chi connectivity index (χ1) is 13.2. The molecule has 1 unspecified atom stereocenters. The van der Waals surface area contributed by atoms with Crippen LogP contribution in [0.3, 0.4) is 0 Å². The number of H-pyrrole nitrogens is 1. The van der Waals surface area contributed by atoms with Gasteiger partial charge in [-0.15, -0.1) is 0 Å². The van der Waals surface area contributed by atoms with Gasteiger partial charge in [0.2, 0.25) is 0 Å². The Bertz CT molecular complexity index is 1110. The average Bonchev–Trinajstić information content (AvgIpc) is 3.25. The molecule has 1 aliphatic heterocycles. The maximum absolute atomic E-state index is 14.8. The number of rotatable bonds is 3. The number of para-hydroxylation sites is 1. The van der Waals surface area contributed by atoms with Crippen molar-refractivity contribution in [2.24, 2.45) is 7.05 Å². The second-order valence-electron chi connectivity index (χ2n) is 7.23. The molecule has 0 amide bonds. The lowest BCUT2D eigenvalue weighted by atomic mass is 9.92. The zero-order valence-electron chi connectivity index (χ0n) is 15.2. The lowest BCUT2D eigenvalue weighted by molar-refractivity contribution is 0.198. The number of nitrogens with zero attached hydrogens (tertiary/aromatic N) is 3. The molecule has 0 radical (unpaired) electrons. The summed E-state index contributed by atoms with van der Waals surface area (Å²) in [6.07, 6.45) is 4.86. The molecule has 0 bridgehead atoms. The van der Waals surface area contributed by atoms with Crippen LogP contribution in [-0.2, 0) is 20.0 Å². The maximum atomic E-state index is 14.8. The minimum absolute atomic E-state index is 0.137. The summed E-state index contributed by atoms with van der Waals surface area (Å²) >= 11 is 0. The van der Waals surface area contributed by atoms with Crippen molar-refractivity contribution in [2.75, 3.05) is 6.54 Å². The zero-order chi connectivity index (χ0) is 18.4. The van der Waals surface area contributed by atoms with Crippen LogP contribution in [0, 0.1) is 5.82 Å². The van der Waals surface area contributed by atoms with Crippen molar-refractivity contribution >= 4 is 10.9 Å². The van der Waals surface area contributed by atoms with Gasteiger partial charge in [-0.25, -0.2) is 4.39 Å². The maximum Gasteiger partial charge on any atom is 0.128 e. The number of fused-ring (bicyclic) bond motifs is 3. The molecule has 5 rings (SSSR count). The summed E-state index contributed by atoms with van der Waals surface area (Å²) in [4.78, 5) is 5.92. The Labute approximate surface area is 157 Å². The Morgan fingerprint density at radius 2 is 1.96 bits per heavy atom. The predicted molar refractivity (Wildman–Crippen MR) is 104 cm³/mol. The van der Waals surface area contributed by atoms with Gasteiger partial charge in [-0.05, 0) is 24.1 Å². The van der Waals surface area contributed by atoms with E-state index in [-0.39, 0.29) is 11.9 Å². The SMILES string of the molecule is Cn1cc(CN2CCc3c([nH]c4ccccc34)C2c2ccccc2F)cn1. The summed E-state index contributed by atoms with van der Waals surface area (Å²) in [5, 5.41) is 5.53. The Morgan fingerprint density at radius 3 is 2.78 bits per heavy atom. The zero-order valence-corrected chi connectivity index (χ0v) is 15.2. The highest BCUT2D eigenvalue weighted by Gasteiger charge is 2.33. The van der Waals surface area contributed by atoms with Crippen LogP contribution < -0.4 is 0 Å². The van der Waals surface area contributed by atoms with Gasteiger partial charge in [-0.1, -0.05) is 36.4 Å². The van der Waals surface area contributed by atoms with Gasteiger partial charge in [0.25, 0.3) is 0 Å². The van der Waals surface area contributed by atoms with Crippen LogP contribution in [0.4, 0.5) is 4.39 Å². The lowest BCUT2D eigenvalue weighted by Crippen LogP contribution is -2.36. The van der Waals surface area contributed by atoms with Crippen molar-refractivity contribution in [1.29, 1.82) is 0 Å². The fourth-order valence-electron chi connectivity index (χ4n) is 4.30. The molecule has 0 fully saturated rings. The van der Waals surface area contributed by atoms with Crippen molar-refractivity contribution in [3.63, 3.8) is 0 Å². The third kappa shape index (κ3) is 2.75. The first kappa shape index (κ1) is 16.3. The molecule has 1 atom stereocenters. The molecule has 4 nitrogen and oxygen atoms in total. The Morgan fingerprint density at radius 1 is 1.15 bits per heavy atom. The molecule has 1 N–H and O–H groups in total. The molecule has 1 aliphatic rings. The van der Waals surface area contributed by atoms with Gasteiger partial charge in [0.1, 0.15) is 5.82 Å². The molecule has 0 spiro atoms. The molecule has 0 saturated heterocycles. The van der Waals surface area contributed by atoms with Crippen LogP contribution in [0.15, 0.2) is 60.9 Å². The van der Waals surface area contributed by atoms with Crippen molar-refractivity contribution in [3.05, 3.63) is 89.1 Å². The van der Waals surface area contributed by atoms with Crippen molar-refractivity contribution in [3.8, 4) is 0 Å². The summed E-state index contributed by atoms with van der Waals surface area (Å²) in [6, 6.07) is 15.3. The van der Waals surface area contributed by atoms with Gasteiger partial charge < -0.3 is 4.98 Å². The highest BCUT2D eigenvalue weighted by molar-refractivity contribution is 5.85. The summed E-state index contributed by atoms with van der Waals surface area (Å²) in [7, 11) is 1.92. The van der Waals surface area contributed by atoms with Crippen molar-refractivity contribution in [1.82, 2.24) is 19.7 Å². The van der Waals surface area contributed by atoms with E-state index in [9.17, 15) is 4.39 Å². The number of hydrogen-bond acceptors (Lipinski definition) is 2. The van der Waals surface area contributed by atoms with E-state index >= 15 is 0 Å². The number of benzene rings is 2. The molecule has 0 aliphatic carbocycles. The summed E-state index contributed by atoms with van der Waals surface area (Å²) in [5.74, 6) is -0.162. The fourth-order valence-corrected chi connectivity index (χ4v) is 4.30. The van der Waals surface area contributed by atoms with E-state index in [1.54, 1.807) is 12.1 Å². The van der Waals surface area contributed by atoms with E-state index in [0.717, 1.165) is 36.3 Å². The molecular weight excluding hydrogens is 339 g/mol. The number of hydrogen-bond donors (Lipinski definition) is 1. The standard InChI is InChI=1S/C22H21FN4/c1-26-13-15(12-24-26)14-27-11-10-17-16-6-3-5-9-20(16)25-21(17)22(27)18-7-2-4-8-19(18)23/h2-9,12-13,22,25H,10-11,14H2,1H3. The first-order valence-electron chi connectivity index (χ1n) is 9.26. The van der Waals surface area contributed by atoms with Crippen LogP contribution in [0.1, 0.15) is 28.4 Å². The van der Waals surface area contributed by atoms with Crippen LogP contribution in [-0.4, -0.2) is 26.2 Å². The van der Waals surface area contributed by atoms with Gasteiger partial charge in [-0.3, -0.25) is 9.58 Å². The van der Waals surface area contributed by atoms with Crippen LogP contribution >= 0.6 is 0 Å². The number of aromatic amines is 1. The summed E-state index contributed by atoms with van der Waals surface area (Å²) < 4.78 is 16.6. The molecular formula is C22H21FN4. The predicted octanol–water partition coefficient (Wildman–Crippen LogP) is 4.19. The lowest BCUT2D eigenvalue weighted by Gasteiger charge is -2.36. The monoisotopic (exact) mass is 360 g/mol. The molecule has 0 saturated carbocycles. The molecule has 27 heavy (non-hydrogen) atoms. The Hall–Kier alpha value is -2.92. The highest BCUT2D eigenvalue weighted by Crippen LogP contribution is 2.39. The number of aryl methyl sites for hydroxylation is 1. The number of aromatic nitrogens is 3. The molecule has 3 heterocycles. The molecule has 136 valence electrons. The van der Waals surface area contributed by atoms with Crippen LogP contribution in [0.25, 0.3) is 10.9 Å². The first-order valence-corrected chi connectivity index (χ1v) is 9.26. The topological polar surface area (TPSA) is 36.9 Å². The average molecular weight is 360 g/mol. The number of nitrogens with one attached hydrogen (secondary N) is 1. The normalized spacial score (nSPS) is 17.3. The minimum atomic E-state index is -0.162. The van der Waals surface area contributed by atoms with E-state index in [2.05, 4.69) is 33.2 Å². The minimum Gasteiger partial charge on any atom is -0.357 e. The highest BCUT2D eigenvalue weighted by atomic mass is 19.1. The summed E-state index contributed by atoms with van der Waals surface area (Å²) in [6.45, 7) is 1.62. The largest absolute Gasteiger partial charge is 0.357 e. The van der Waals surface area contributed by atoms with Gasteiger partial charge in [0, 0.05) is 54.1 Å². The van der Waals surface area contributed by atoms with E-state index in [4.69, 9.17) is 0 Å². The van der Waals surface area contributed by atoms with Crippen molar-refractivity contribution in [2.45, 2.75) is 19.0 Å². The van der Waals surface area contributed by atoms with E-state index in [1.807, 2.05) is 42.3 Å². The second kappa shape index (κ2) is 6.35. The van der Waals surface area contributed by atoms with Gasteiger partial charge in [-0.2, -0.15) is 5.10 Å². The molecule has 2 aromatic carbocycles. The smallest absolute Gasteiger partial charge is 0.128 e. The third-order valence-electron chi connectivity index (χ3n) is 5.48. The quantitative estimate of drug-likeness (QED) is 0.595. The van der Waals surface area contributed by atoms with E-state index < -0.39 is 0 Å². The number of halogens is 1. The van der Waals surface area contributed by atoms with E-state index in [1.165, 1.54) is 10.9 Å². The molecule has 4 aromatic rings.